The lowest BCUT2D eigenvalue weighted by molar-refractivity contribution is -0.105. The lowest BCUT2D eigenvalue weighted by Gasteiger charge is -1.98. The number of carbonyl (C=O) groups is 1. The zero-order valence-electron chi connectivity index (χ0n) is 5.22. The van der Waals surface area contributed by atoms with Crippen LogP contribution in [0.5, 0.6) is 0 Å². The number of aldehydes is 1. The average molecular weight is 113 g/mol. The van der Waals surface area contributed by atoms with E-state index in [1.54, 1.807) is 0 Å². The van der Waals surface area contributed by atoms with E-state index < -0.39 is 0 Å². The second-order valence-electron chi connectivity index (χ2n) is 1.94. The Morgan fingerprint density at radius 3 is 2.12 bits per heavy atom. The molecule has 0 atom stereocenters. The summed E-state index contributed by atoms with van der Waals surface area (Å²) in [6.45, 7) is 3.85. The van der Waals surface area contributed by atoms with Gasteiger partial charge in [0.25, 0.3) is 0 Å². The third kappa shape index (κ3) is 1.78. The van der Waals surface area contributed by atoms with Crippen LogP contribution < -0.4 is 5.73 Å². The Balaban J connectivity index is 3.91. The van der Waals surface area contributed by atoms with E-state index in [9.17, 15) is 4.79 Å². The van der Waals surface area contributed by atoms with Crippen LogP contribution in [0.3, 0.4) is 0 Å². The molecule has 0 spiro atoms. The number of allylic oxidation sites excluding steroid dienone is 1. The SMILES string of the molecule is CC(C)/C(C=O)=C/N. The molecule has 0 radical (unpaired) electrons. The van der Waals surface area contributed by atoms with Crippen molar-refractivity contribution in [2.24, 2.45) is 11.7 Å². The van der Waals surface area contributed by atoms with Crippen LogP contribution in [0.25, 0.3) is 0 Å². The molecule has 0 aromatic heterocycles. The highest BCUT2D eigenvalue weighted by Crippen LogP contribution is 2.02. The summed E-state index contributed by atoms with van der Waals surface area (Å²) in [5.74, 6) is 0.248. The van der Waals surface area contributed by atoms with Crippen LogP contribution >= 0.6 is 0 Å². The molecule has 2 nitrogen and oxygen atoms in total. The first-order valence-electron chi connectivity index (χ1n) is 2.59. The first-order chi connectivity index (χ1) is 3.72. The molecule has 0 aliphatic carbocycles. The minimum absolute atomic E-state index is 0.248. The van der Waals surface area contributed by atoms with Crippen LogP contribution in [0.4, 0.5) is 0 Å². The van der Waals surface area contributed by atoms with Crippen LogP contribution in [0.15, 0.2) is 11.8 Å². The van der Waals surface area contributed by atoms with Crippen LogP contribution in [0, 0.1) is 5.92 Å². The minimum atomic E-state index is 0.248. The van der Waals surface area contributed by atoms with Crippen molar-refractivity contribution in [3.8, 4) is 0 Å². The fraction of sp³-hybridized carbons (Fsp3) is 0.500. The first kappa shape index (κ1) is 7.21. The summed E-state index contributed by atoms with van der Waals surface area (Å²) in [4.78, 5) is 10.0. The molecule has 0 saturated heterocycles. The largest absolute Gasteiger partial charge is 0.404 e. The smallest absolute Gasteiger partial charge is 0.147 e. The van der Waals surface area contributed by atoms with Gasteiger partial charge in [0.2, 0.25) is 0 Å². The van der Waals surface area contributed by atoms with E-state index in [2.05, 4.69) is 0 Å². The number of carbonyl (C=O) groups excluding carboxylic acids is 1. The van der Waals surface area contributed by atoms with Gasteiger partial charge in [-0.25, -0.2) is 0 Å². The third-order valence-electron chi connectivity index (χ3n) is 0.995. The fourth-order valence-electron chi connectivity index (χ4n) is 0.368. The van der Waals surface area contributed by atoms with Crippen molar-refractivity contribution in [1.82, 2.24) is 0 Å². The zero-order chi connectivity index (χ0) is 6.57. The van der Waals surface area contributed by atoms with Gasteiger partial charge in [-0.2, -0.15) is 0 Å². The Morgan fingerprint density at radius 1 is 1.62 bits per heavy atom. The van der Waals surface area contributed by atoms with E-state index in [-0.39, 0.29) is 5.92 Å². The highest BCUT2D eigenvalue weighted by Gasteiger charge is 1.97. The number of nitrogens with two attached hydrogens (primary N) is 1. The van der Waals surface area contributed by atoms with E-state index in [1.807, 2.05) is 13.8 Å². The summed E-state index contributed by atoms with van der Waals surface area (Å²) in [6, 6.07) is 0. The molecule has 0 rings (SSSR count). The molecule has 0 amide bonds. The van der Waals surface area contributed by atoms with E-state index in [4.69, 9.17) is 5.73 Å². The molecule has 0 aliphatic heterocycles. The van der Waals surface area contributed by atoms with Gasteiger partial charge >= 0.3 is 0 Å². The molecular formula is C6H11NO. The fourth-order valence-corrected chi connectivity index (χ4v) is 0.368. The maximum Gasteiger partial charge on any atom is 0.147 e. The summed E-state index contributed by atoms with van der Waals surface area (Å²) in [5.41, 5.74) is 5.75. The molecule has 0 heterocycles. The van der Waals surface area contributed by atoms with Gasteiger partial charge in [-0.05, 0) is 5.92 Å². The quantitative estimate of drug-likeness (QED) is 0.423. The number of hydrogen-bond donors (Lipinski definition) is 1. The van der Waals surface area contributed by atoms with Crippen molar-refractivity contribution < 1.29 is 4.79 Å². The highest BCUT2D eigenvalue weighted by molar-refractivity contribution is 5.73. The average Bonchev–Trinajstić information content (AvgIpc) is 1.69. The molecule has 0 saturated carbocycles. The van der Waals surface area contributed by atoms with Crippen molar-refractivity contribution in [2.45, 2.75) is 13.8 Å². The number of rotatable bonds is 2. The summed E-state index contributed by atoms with van der Waals surface area (Å²) >= 11 is 0. The van der Waals surface area contributed by atoms with Crippen LogP contribution in [0.2, 0.25) is 0 Å². The maximum absolute atomic E-state index is 10.0. The van der Waals surface area contributed by atoms with Gasteiger partial charge < -0.3 is 5.73 Å². The molecule has 0 bridgehead atoms. The van der Waals surface area contributed by atoms with Crippen molar-refractivity contribution >= 4 is 6.29 Å². The molecular weight excluding hydrogens is 102 g/mol. The first-order valence-corrected chi connectivity index (χ1v) is 2.59. The predicted octanol–water partition coefficient (Wildman–Crippen LogP) is 0.684. The van der Waals surface area contributed by atoms with E-state index >= 15 is 0 Å². The van der Waals surface area contributed by atoms with Crippen molar-refractivity contribution in [3.05, 3.63) is 11.8 Å². The molecule has 0 aromatic rings. The monoisotopic (exact) mass is 113 g/mol. The molecule has 8 heavy (non-hydrogen) atoms. The molecule has 2 heteroatoms. The van der Waals surface area contributed by atoms with Gasteiger partial charge in [-0.3, -0.25) is 4.79 Å². The van der Waals surface area contributed by atoms with Crippen molar-refractivity contribution in [1.29, 1.82) is 0 Å². The summed E-state index contributed by atoms with van der Waals surface area (Å²) < 4.78 is 0. The number of hydrogen-bond acceptors (Lipinski definition) is 2. The standard InChI is InChI=1S/C6H11NO/c1-5(2)6(3-7)4-8/h3-5H,7H2,1-2H3/b6-3+. The second kappa shape index (κ2) is 3.24. The summed E-state index contributed by atoms with van der Waals surface area (Å²) in [7, 11) is 0. The van der Waals surface area contributed by atoms with Gasteiger partial charge in [0, 0.05) is 11.8 Å². The Labute approximate surface area is 49.4 Å². The molecule has 2 N–H and O–H groups in total. The Morgan fingerprint density at radius 2 is 2.12 bits per heavy atom. The topological polar surface area (TPSA) is 43.1 Å². The van der Waals surface area contributed by atoms with Gasteiger partial charge in [-0.1, -0.05) is 13.8 Å². The van der Waals surface area contributed by atoms with E-state index in [1.165, 1.54) is 6.20 Å². The molecule has 0 fully saturated rings. The van der Waals surface area contributed by atoms with Gasteiger partial charge in [-0.15, -0.1) is 0 Å². The molecule has 0 unspecified atom stereocenters. The Hall–Kier alpha value is -0.790. The predicted molar refractivity (Wildman–Crippen MR) is 33.2 cm³/mol. The van der Waals surface area contributed by atoms with Crippen LogP contribution in [0.1, 0.15) is 13.8 Å². The van der Waals surface area contributed by atoms with E-state index in [0.717, 1.165) is 6.29 Å². The van der Waals surface area contributed by atoms with Gasteiger partial charge in [0.1, 0.15) is 6.29 Å². The van der Waals surface area contributed by atoms with Crippen molar-refractivity contribution in [3.63, 3.8) is 0 Å². The normalized spacial score (nSPS) is 12.1. The summed E-state index contributed by atoms with van der Waals surface area (Å²) in [6.07, 6.45) is 2.13. The lowest BCUT2D eigenvalue weighted by Crippen LogP contribution is -1.97. The molecule has 0 aliphatic rings. The lowest BCUT2D eigenvalue weighted by atomic mass is 10.1. The highest BCUT2D eigenvalue weighted by atomic mass is 16.1. The Kier molecular flexibility index (Phi) is 2.92. The third-order valence-corrected chi connectivity index (χ3v) is 0.995. The Bertz CT molecular complexity index is 105. The summed E-state index contributed by atoms with van der Waals surface area (Å²) in [5, 5.41) is 0. The van der Waals surface area contributed by atoms with Crippen molar-refractivity contribution in [2.75, 3.05) is 0 Å². The van der Waals surface area contributed by atoms with Gasteiger partial charge in [0.15, 0.2) is 0 Å². The van der Waals surface area contributed by atoms with Gasteiger partial charge in [0.05, 0.1) is 0 Å². The second-order valence-corrected chi connectivity index (χ2v) is 1.94. The van der Waals surface area contributed by atoms with E-state index in [0.29, 0.717) is 5.57 Å². The molecule has 46 valence electrons. The molecule has 0 aromatic carbocycles. The zero-order valence-corrected chi connectivity index (χ0v) is 5.22. The van der Waals surface area contributed by atoms with Crippen LogP contribution in [-0.4, -0.2) is 6.29 Å². The maximum atomic E-state index is 10.0. The minimum Gasteiger partial charge on any atom is -0.404 e. The van der Waals surface area contributed by atoms with Crippen LogP contribution in [-0.2, 0) is 4.79 Å².